The fourth-order valence-electron chi connectivity index (χ4n) is 2.55. The van der Waals surface area contributed by atoms with Crippen LogP contribution in [-0.2, 0) is 6.54 Å². The lowest BCUT2D eigenvalue weighted by Gasteiger charge is -2.31. The highest BCUT2D eigenvalue weighted by molar-refractivity contribution is 5.43. The zero-order chi connectivity index (χ0) is 14.5. The number of nitro benzene ring substituents is 1. The molecule has 0 radical (unpaired) electrons. The van der Waals surface area contributed by atoms with Crippen LogP contribution in [0.3, 0.4) is 0 Å². The van der Waals surface area contributed by atoms with E-state index < -0.39 is 4.92 Å². The Morgan fingerprint density at radius 2 is 2.35 bits per heavy atom. The van der Waals surface area contributed by atoms with Gasteiger partial charge in [0, 0.05) is 24.2 Å². The van der Waals surface area contributed by atoms with E-state index >= 15 is 0 Å². The summed E-state index contributed by atoms with van der Waals surface area (Å²) >= 11 is 0. The number of benzene rings is 1. The Balaban J connectivity index is 2.24. The Kier molecular flexibility index (Phi) is 4.53. The van der Waals surface area contributed by atoms with E-state index in [1.165, 1.54) is 12.1 Å². The number of nitro groups is 1. The molecule has 0 amide bonds. The summed E-state index contributed by atoms with van der Waals surface area (Å²) < 4.78 is 5.26. The van der Waals surface area contributed by atoms with Crippen molar-refractivity contribution in [2.45, 2.75) is 31.8 Å². The number of non-ortho nitro benzene ring substituents is 1. The smallest absolute Gasteiger partial charge is 0.270 e. The number of piperidine rings is 1. The van der Waals surface area contributed by atoms with Crippen molar-refractivity contribution in [3.8, 4) is 11.8 Å². The minimum Gasteiger partial charge on any atom is -0.496 e. The van der Waals surface area contributed by atoms with Gasteiger partial charge in [-0.1, -0.05) is 0 Å². The molecule has 0 aromatic heterocycles. The van der Waals surface area contributed by atoms with Gasteiger partial charge in [0.1, 0.15) is 5.75 Å². The van der Waals surface area contributed by atoms with Gasteiger partial charge < -0.3 is 4.74 Å². The summed E-state index contributed by atoms with van der Waals surface area (Å²) in [5, 5.41) is 20.0. The second-order valence-electron chi connectivity index (χ2n) is 4.86. The summed E-state index contributed by atoms with van der Waals surface area (Å²) in [6.45, 7) is 1.34. The minimum absolute atomic E-state index is 0.0475. The van der Waals surface area contributed by atoms with E-state index in [2.05, 4.69) is 11.0 Å². The molecule has 2 rings (SSSR count). The monoisotopic (exact) mass is 275 g/mol. The first-order chi connectivity index (χ1) is 9.65. The molecule has 0 aliphatic carbocycles. The van der Waals surface area contributed by atoms with Crippen molar-refractivity contribution >= 4 is 5.69 Å². The summed E-state index contributed by atoms with van der Waals surface area (Å²) in [5.41, 5.74) is 0.801. The lowest BCUT2D eigenvalue weighted by Crippen LogP contribution is -2.37. The Hall–Kier alpha value is -2.13. The number of ether oxygens (including phenoxy) is 1. The molecule has 1 heterocycles. The predicted octanol–water partition coefficient (Wildman–Crippen LogP) is 2.48. The van der Waals surface area contributed by atoms with Crippen molar-refractivity contribution in [3.63, 3.8) is 0 Å². The van der Waals surface area contributed by atoms with E-state index in [0.29, 0.717) is 12.3 Å². The molecule has 1 atom stereocenters. The molecule has 0 saturated carbocycles. The van der Waals surface area contributed by atoms with Gasteiger partial charge in [0.2, 0.25) is 0 Å². The number of methoxy groups -OCH3 is 1. The molecule has 1 aromatic carbocycles. The number of likely N-dealkylation sites (tertiary alicyclic amines) is 1. The van der Waals surface area contributed by atoms with Crippen LogP contribution in [-0.4, -0.2) is 29.5 Å². The van der Waals surface area contributed by atoms with Crippen LogP contribution >= 0.6 is 0 Å². The van der Waals surface area contributed by atoms with E-state index in [4.69, 9.17) is 4.74 Å². The molecular formula is C14H17N3O3. The van der Waals surface area contributed by atoms with Crippen LogP contribution in [0, 0.1) is 21.4 Å². The normalized spacial score (nSPS) is 19.3. The van der Waals surface area contributed by atoms with Gasteiger partial charge in [0.15, 0.2) is 0 Å². The fraction of sp³-hybridized carbons (Fsp3) is 0.500. The zero-order valence-electron chi connectivity index (χ0n) is 11.4. The predicted molar refractivity (Wildman–Crippen MR) is 73.3 cm³/mol. The van der Waals surface area contributed by atoms with Crippen molar-refractivity contribution in [1.82, 2.24) is 4.90 Å². The molecule has 1 saturated heterocycles. The molecule has 1 aliphatic rings. The highest BCUT2D eigenvalue weighted by atomic mass is 16.6. The number of rotatable bonds is 4. The summed E-state index contributed by atoms with van der Waals surface area (Å²) in [5.74, 6) is 0.623. The first-order valence-electron chi connectivity index (χ1n) is 6.60. The molecule has 20 heavy (non-hydrogen) atoms. The van der Waals surface area contributed by atoms with Gasteiger partial charge in [-0.3, -0.25) is 15.0 Å². The SMILES string of the molecule is COc1ccc([N+](=O)[O-])cc1CN1CCCCC1C#N. The van der Waals surface area contributed by atoms with E-state index in [1.54, 1.807) is 13.2 Å². The standard InChI is InChI=1S/C14H17N3O3/c1-20-14-6-5-12(17(18)19)8-11(14)10-16-7-3-2-4-13(16)9-15/h5-6,8,13H,2-4,7,10H2,1H3. The quantitative estimate of drug-likeness (QED) is 0.623. The third kappa shape index (κ3) is 3.06. The lowest BCUT2D eigenvalue weighted by molar-refractivity contribution is -0.385. The maximum Gasteiger partial charge on any atom is 0.270 e. The highest BCUT2D eigenvalue weighted by Gasteiger charge is 2.23. The van der Waals surface area contributed by atoms with Crippen molar-refractivity contribution in [1.29, 1.82) is 5.26 Å². The average molecular weight is 275 g/mol. The molecule has 1 aliphatic heterocycles. The van der Waals surface area contributed by atoms with E-state index in [0.717, 1.165) is 31.4 Å². The van der Waals surface area contributed by atoms with Crippen LogP contribution in [0.2, 0.25) is 0 Å². The van der Waals surface area contributed by atoms with Gasteiger partial charge in [-0.05, 0) is 31.9 Å². The summed E-state index contributed by atoms with van der Waals surface area (Å²) in [6, 6.07) is 6.75. The lowest BCUT2D eigenvalue weighted by atomic mass is 10.0. The van der Waals surface area contributed by atoms with Gasteiger partial charge in [-0.2, -0.15) is 5.26 Å². The molecular weight excluding hydrogens is 258 g/mol. The number of nitrogens with zero attached hydrogens (tertiary/aromatic N) is 3. The third-order valence-corrected chi connectivity index (χ3v) is 3.61. The van der Waals surface area contributed by atoms with Gasteiger partial charge >= 0.3 is 0 Å². The average Bonchev–Trinajstić information content (AvgIpc) is 2.47. The van der Waals surface area contributed by atoms with Gasteiger partial charge in [0.25, 0.3) is 5.69 Å². The first kappa shape index (κ1) is 14.3. The number of hydrogen-bond acceptors (Lipinski definition) is 5. The molecule has 0 spiro atoms. The van der Waals surface area contributed by atoms with E-state index in [1.807, 2.05) is 0 Å². The Bertz CT molecular complexity index is 539. The third-order valence-electron chi connectivity index (χ3n) is 3.61. The highest BCUT2D eigenvalue weighted by Crippen LogP contribution is 2.27. The van der Waals surface area contributed by atoms with Crippen LogP contribution in [0.5, 0.6) is 5.75 Å². The Morgan fingerprint density at radius 3 is 3.00 bits per heavy atom. The molecule has 0 N–H and O–H groups in total. The number of nitriles is 1. The molecule has 1 unspecified atom stereocenters. The van der Waals surface area contributed by atoms with E-state index in [9.17, 15) is 15.4 Å². The molecule has 6 heteroatoms. The van der Waals surface area contributed by atoms with Gasteiger partial charge in [0.05, 0.1) is 24.1 Å². The van der Waals surface area contributed by atoms with Crippen LogP contribution in [0.1, 0.15) is 24.8 Å². The molecule has 1 fully saturated rings. The minimum atomic E-state index is -0.416. The van der Waals surface area contributed by atoms with Gasteiger partial charge in [-0.25, -0.2) is 0 Å². The Labute approximate surface area is 117 Å². The fourth-order valence-corrected chi connectivity index (χ4v) is 2.55. The van der Waals surface area contributed by atoms with E-state index in [-0.39, 0.29) is 11.7 Å². The van der Waals surface area contributed by atoms with Gasteiger partial charge in [-0.15, -0.1) is 0 Å². The van der Waals surface area contributed by atoms with Crippen molar-refractivity contribution in [2.24, 2.45) is 0 Å². The summed E-state index contributed by atoms with van der Waals surface area (Å²) in [6.07, 6.45) is 2.96. The molecule has 106 valence electrons. The van der Waals surface area contributed by atoms with Crippen molar-refractivity contribution < 1.29 is 9.66 Å². The van der Waals surface area contributed by atoms with Crippen molar-refractivity contribution in [2.75, 3.05) is 13.7 Å². The van der Waals surface area contributed by atoms with Crippen LogP contribution < -0.4 is 4.74 Å². The zero-order valence-corrected chi connectivity index (χ0v) is 11.4. The topological polar surface area (TPSA) is 79.4 Å². The van der Waals surface area contributed by atoms with Crippen LogP contribution in [0.4, 0.5) is 5.69 Å². The molecule has 6 nitrogen and oxygen atoms in total. The largest absolute Gasteiger partial charge is 0.496 e. The maximum atomic E-state index is 10.9. The Morgan fingerprint density at radius 1 is 1.55 bits per heavy atom. The van der Waals surface area contributed by atoms with Crippen LogP contribution in [0.15, 0.2) is 18.2 Å². The van der Waals surface area contributed by atoms with Crippen molar-refractivity contribution in [3.05, 3.63) is 33.9 Å². The summed E-state index contributed by atoms with van der Waals surface area (Å²) in [4.78, 5) is 12.5. The second kappa shape index (κ2) is 6.35. The first-order valence-corrected chi connectivity index (χ1v) is 6.60. The maximum absolute atomic E-state index is 10.9. The molecule has 0 bridgehead atoms. The summed E-state index contributed by atoms with van der Waals surface area (Å²) in [7, 11) is 1.54. The second-order valence-corrected chi connectivity index (χ2v) is 4.86. The number of hydrogen-bond donors (Lipinski definition) is 0. The van der Waals surface area contributed by atoms with Crippen LogP contribution in [0.25, 0.3) is 0 Å². The molecule has 1 aromatic rings.